The molecule has 0 atom stereocenters. The highest BCUT2D eigenvalue weighted by Crippen LogP contribution is 2.24. The van der Waals surface area contributed by atoms with Crippen LogP contribution in [-0.2, 0) is 13.1 Å². The highest BCUT2D eigenvalue weighted by molar-refractivity contribution is 9.10. The van der Waals surface area contributed by atoms with Gasteiger partial charge >= 0.3 is 0 Å². The van der Waals surface area contributed by atoms with Gasteiger partial charge in [-0.1, -0.05) is 34.1 Å². The van der Waals surface area contributed by atoms with Crippen molar-refractivity contribution in [2.45, 2.75) is 13.1 Å². The van der Waals surface area contributed by atoms with Gasteiger partial charge in [0.15, 0.2) is 0 Å². The van der Waals surface area contributed by atoms with Crippen LogP contribution in [0.4, 0.5) is 5.69 Å². The first-order chi connectivity index (χ1) is 10.1. The summed E-state index contributed by atoms with van der Waals surface area (Å²) in [6.45, 7) is 0.999. The van der Waals surface area contributed by atoms with Crippen LogP contribution < -0.4 is 10.1 Å². The number of nitrogens with one attached hydrogen (secondary N) is 1. The van der Waals surface area contributed by atoms with E-state index in [1.807, 2.05) is 24.3 Å². The van der Waals surface area contributed by atoms with Crippen LogP contribution in [0.1, 0.15) is 11.1 Å². The van der Waals surface area contributed by atoms with Gasteiger partial charge in [-0.05, 0) is 18.2 Å². The number of halogens is 1. The molecule has 2 aromatic rings. The molecule has 0 radical (unpaired) electrons. The van der Waals surface area contributed by atoms with Crippen molar-refractivity contribution in [1.29, 1.82) is 0 Å². The van der Waals surface area contributed by atoms with Crippen LogP contribution in [0.5, 0.6) is 5.75 Å². The number of nitro benzene ring substituents is 1. The van der Waals surface area contributed by atoms with E-state index < -0.39 is 0 Å². The fourth-order valence-electron chi connectivity index (χ4n) is 2.04. The number of hydrogen-bond acceptors (Lipinski definition) is 4. The number of nitrogens with zero attached hydrogens (tertiary/aromatic N) is 1. The molecule has 0 saturated carbocycles. The van der Waals surface area contributed by atoms with Crippen molar-refractivity contribution in [1.82, 2.24) is 5.32 Å². The summed E-state index contributed by atoms with van der Waals surface area (Å²) in [7, 11) is 1.62. The Bertz CT molecular complexity index is 647. The van der Waals surface area contributed by atoms with Crippen LogP contribution >= 0.6 is 15.9 Å². The van der Waals surface area contributed by atoms with Crippen molar-refractivity contribution in [2.24, 2.45) is 0 Å². The molecule has 5 nitrogen and oxygen atoms in total. The lowest BCUT2D eigenvalue weighted by molar-refractivity contribution is -0.385. The predicted molar refractivity (Wildman–Crippen MR) is 84.3 cm³/mol. The van der Waals surface area contributed by atoms with Crippen molar-refractivity contribution in [2.75, 3.05) is 7.11 Å². The molecule has 2 aromatic carbocycles. The molecular formula is C15H15BrN2O3. The number of para-hydroxylation sites is 1. The van der Waals surface area contributed by atoms with E-state index in [1.54, 1.807) is 19.2 Å². The van der Waals surface area contributed by atoms with Gasteiger partial charge in [-0.2, -0.15) is 0 Å². The van der Waals surface area contributed by atoms with Crippen LogP contribution in [0, 0.1) is 10.1 Å². The van der Waals surface area contributed by atoms with Crippen molar-refractivity contribution in [3.05, 3.63) is 68.2 Å². The summed E-state index contributed by atoms with van der Waals surface area (Å²) in [4.78, 5) is 10.7. The summed E-state index contributed by atoms with van der Waals surface area (Å²) in [5.74, 6) is 0.801. The van der Waals surface area contributed by atoms with E-state index >= 15 is 0 Å². The maximum atomic E-state index is 11.0. The van der Waals surface area contributed by atoms with Gasteiger partial charge in [0.1, 0.15) is 5.75 Å². The van der Waals surface area contributed by atoms with Crippen LogP contribution in [0.15, 0.2) is 46.9 Å². The fraction of sp³-hybridized carbons (Fsp3) is 0.200. The molecule has 6 heteroatoms. The first-order valence-electron chi connectivity index (χ1n) is 6.37. The van der Waals surface area contributed by atoms with Crippen LogP contribution in [0.25, 0.3) is 0 Å². The standard InChI is InChI=1S/C15H15BrN2O3/c1-21-15-5-3-2-4-12(15)10-17-9-11-6-7-13(16)8-14(11)18(19)20/h2-8,17H,9-10H2,1H3. The zero-order valence-electron chi connectivity index (χ0n) is 11.5. The van der Waals surface area contributed by atoms with Crippen molar-refractivity contribution < 1.29 is 9.66 Å². The maximum Gasteiger partial charge on any atom is 0.275 e. The van der Waals surface area contributed by atoms with Gasteiger partial charge in [0, 0.05) is 34.8 Å². The molecule has 0 saturated heterocycles. The van der Waals surface area contributed by atoms with Crippen LogP contribution in [0.3, 0.4) is 0 Å². The number of hydrogen-bond donors (Lipinski definition) is 1. The Kier molecular flexibility index (Phi) is 5.30. The predicted octanol–water partition coefficient (Wildman–Crippen LogP) is 3.66. The largest absolute Gasteiger partial charge is 0.496 e. The minimum Gasteiger partial charge on any atom is -0.496 e. The highest BCUT2D eigenvalue weighted by Gasteiger charge is 2.13. The molecule has 1 N–H and O–H groups in total. The molecule has 110 valence electrons. The van der Waals surface area contributed by atoms with Crippen molar-refractivity contribution >= 4 is 21.6 Å². The van der Waals surface area contributed by atoms with Crippen LogP contribution in [-0.4, -0.2) is 12.0 Å². The average Bonchev–Trinajstić information content (AvgIpc) is 2.49. The number of benzene rings is 2. The van der Waals surface area contributed by atoms with E-state index in [4.69, 9.17) is 4.74 Å². The first kappa shape index (κ1) is 15.5. The van der Waals surface area contributed by atoms with Crippen LogP contribution in [0.2, 0.25) is 0 Å². The quantitative estimate of drug-likeness (QED) is 0.637. The molecule has 0 unspecified atom stereocenters. The van der Waals surface area contributed by atoms with Crippen molar-refractivity contribution in [3.63, 3.8) is 0 Å². The van der Waals surface area contributed by atoms with E-state index in [1.165, 1.54) is 6.07 Å². The second kappa shape index (κ2) is 7.19. The first-order valence-corrected chi connectivity index (χ1v) is 7.16. The minimum absolute atomic E-state index is 0.108. The van der Waals surface area contributed by atoms with Gasteiger partial charge in [-0.25, -0.2) is 0 Å². The molecular weight excluding hydrogens is 336 g/mol. The molecule has 0 bridgehead atoms. The lowest BCUT2D eigenvalue weighted by atomic mass is 10.1. The van der Waals surface area contributed by atoms with E-state index in [2.05, 4.69) is 21.2 Å². The third-order valence-corrected chi connectivity index (χ3v) is 3.56. The van der Waals surface area contributed by atoms with E-state index in [0.29, 0.717) is 23.1 Å². The summed E-state index contributed by atoms with van der Waals surface area (Å²) >= 11 is 3.25. The van der Waals surface area contributed by atoms with Gasteiger partial charge in [0.05, 0.1) is 12.0 Å². The third-order valence-electron chi connectivity index (χ3n) is 3.07. The van der Waals surface area contributed by atoms with E-state index in [-0.39, 0.29) is 10.6 Å². The number of nitro groups is 1. The molecule has 21 heavy (non-hydrogen) atoms. The monoisotopic (exact) mass is 350 g/mol. The molecule has 0 fully saturated rings. The molecule has 0 amide bonds. The summed E-state index contributed by atoms with van der Waals surface area (Å²) in [5.41, 5.74) is 1.77. The van der Waals surface area contributed by atoms with Gasteiger partial charge in [-0.3, -0.25) is 10.1 Å². The molecule has 0 aromatic heterocycles. The number of ether oxygens (including phenoxy) is 1. The topological polar surface area (TPSA) is 64.4 Å². The summed E-state index contributed by atoms with van der Waals surface area (Å²) in [5, 5.41) is 14.3. The Morgan fingerprint density at radius 1 is 1.19 bits per heavy atom. The van der Waals surface area contributed by atoms with E-state index in [0.717, 1.165) is 11.3 Å². The molecule has 0 aliphatic rings. The maximum absolute atomic E-state index is 11.0. The second-order valence-corrected chi connectivity index (χ2v) is 5.36. The molecule has 0 heterocycles. The highest BCUT2D eigenvalue weighted by atomic mass is 79.9. The molecule has 0 spiro atoms. The van der Waals surface area contributed by atoms with Crippen molar-refractivity contribution in [3.8, 4) is 5.75 Å². The zero-order chi connectivity index (χ0) is 15.2. The smallest absolute Gasteiger partial charge is 0.275 e. The third kappa shape index (κ3) is 4.03. The van der Waals surface area contributed by atoms with Gasteiger partial charge in [0.2, 0.25) is 0 Å². The van der Waals surface area contributed by atoms with E-state index in [9.17, 15) is 10.1 Å². The number of methoxy groups -OCH3 is 1. The van der Waals surface area contributed by atoms with Gasteiger partial charge in [0.25, 0.3) is 5.69 Å². The summed E-state index contributed by atoms with van der Waals surface area (Å²) in [6.07, 6.45) is 0. The minimum atomic E-state index is -0.370. The molecule has 2 rings (SSSR count). The summed E-state index contributed by atoms with van der Waals surface area (Å²) < 4.78 is 5.97. The second-order valence-electron chi connectivity index (χ2n) is 4.45. The average molecular weight is 351 g/mol. The SMILES string of the molecule is COc1ccccc1CNCc1ccc(Br)cc1[N+](=O)[O-]. The lowest BCUT2D eigenvalue weighted by Gasteiger charge is -2.09. The summed E-state index contributed by atoms with van der Waals surface area (Å²) in [6, 6.07) is 12.7. The van der Waals surface area contributed by atoms with Gasteiger partial charge < -0.3 is 10.1 Å². The Hall–Kier alpha value is -1.92. The Labute approximate surface area is 131 Å². The molecule has 0 aliphatic carbocycles. The Morgan fingerprint density at radius 3 is 2.62 bits per heavy atom. The zero-order valence-corrected chi connectivity index (χ0v) is 13.1. The Morgan fingerprint density at radius 2 is 1.90 bits per heavy atom. The Balaban J connectivity index is 2.05. The molecule has 0 aliphatic heterocycles. The fourth-order valence-corrected chi connectivity index (χ4v) is 2.39. The van der Waals surface area contributed by atoms with Gasteiger partial charge in [-0.15, -0.1) is 0 Å². The lowest BCUT2D eigenvalue weighted by Crippen LogP contribution is -2.14. The normalized spacial score (nSPS) is 10.4. The number of rotatable bonds is 6.